The van der Waals surface area contributed by atoms with Gasteiger partial charge in [-0.1, -0.05) is 30.3 Å². The summed E-state index contributed by atoms with van der Waals surface area (Å²) < 4.78 is 35.3. The SMILES string of the molecule is Cn1ccnc1[C@@H](NS(=O)(=O)CC[C@@H]1CCCO1)c1ccccc1. The van der Waals surface area contributed by atoms with Gasteiger partial charge in [0.1, 0.15) is 11.9 Å². The van der Waals surface area contributed by atoms with Gasteiger partial charge < -0.3 is 9.30 Å². The average molecular weight is 349 g/mol. The summed E-state index contributed by atoms with van der Waals surface area (Å²) in [6, 6.07) is 9.01. The van der Waals surface area contributed by atoms with Crippen LogP contribution in [0.15, 0.2) is 42.7 Å². The first-order chi connectivity index (χ1) is 11.6. The Balaban J connectivity index is 1.77. The molecule has 1 aliphatic rings. The van der Waals surface area contributed by atoms with Gasteiger partial charge in [0.25, 0.3) is 0 Å². The van der Waals surface area contributed by atoms with E-state index in [1.807, 2.05) is 48.1 Å². The highest BCUT2D eigenvalue weighted by Crippen LogP contribution is 2.22. The molecule has 0 amide bonds. The lowest BCUT2D eigenvalue weighted by atomic mass is 10.1. The summed E-state index contributed by atoms with van der Waals surface area (Å²) >= 11 is 0. The fourth-order valence-electron chi connectivity index (χ4n) is 2.97. The Morgan fingerprint density at radius 3 is 2.79 bits per heavy atom. The summed E-state index contributed by atoms with van der Waals surface area (Å²) in [7, 11) is -1.58. The van der Waals surface area contributed by atoms with Crippen LogP contribution < -0.4 is 4.72 Å². The Bertz CT molecular complexity index is 752. The number of hydrogen-bond acceptors (Lipinski definition) is 4. The summed E-state index contributed by atoms with van der Waals surface area (Å²) in [6.07, 6.45) is 6.02. The first-order valence-electron chi connectivity index (χ1n) is 8.19. The van der Waals surface area contributed by atoms with Crippen LogP contribution in [-0.2, 0) is 21.8 Å². The fourth-order valence-corrected chi connectivity index (χ4v) is 4.26. The predicted molar refractivity (Wildman–Crippen MR) is 92.0 cm³/mol. The Morgan fingerprint density at radius 1 is 1.38 bits per heavy atom. The van der Waals surface area contributed by atoms with Crippen LogP contribution in [0.25, 0.3) is 0 Å². The molecule has 0 saturated carbocycles. The highest BCUT2D eigenvalue weighted by atomic mass is 32.2. The molecule has 0 spiro atoms. The van der Waals surface area contributed by atoms with E-state index in [-0.39, 0.29) is 11.9 Å². The maximum Gasteiger partial charge on any atom is 0.212 e. The smallest absolute Gasteiger partial charge is 0.212 e. The molecular formula is C17H23N3O3S. The monoisotopic (exact) mass is 349 g/mol. The molecule has 1 aromatic heterocycles. The number of hydrogen-bond donors (Lipinski definition) is 1. The Hall–Kier alpha value is -1.70. The van der Waals surface area contributed by atoms with Crippen molar-refractivity contribution in [2.45, 2.75) is 31.4 Å². The van der Waals surface area contributed by atoms with E-state index in [0.29, 0.717) is 12.2 Å². The van der Waals surface area contributed by atoms with Crippen molar-refractivity contribution in [3.05, 3.63) is 54.1 Å². The van der Waals surface area contributed by atoms with Gasteiger partial charge in [-0.2, -0.15) is 0 Å². The van der Waals surface area contributed by atoms with Gasteiger partial charge in [0.15, 0.2) is 0 Å². The fraction of sp³-hybridized carbons (Fsp3) is 0.471. The van der Waals surface area contributed by atoms with E-state index in [0.717, 1.165) is 25.0 Å². The molecule has 2 heterocycles. The maximum absolute atomic E-state index is 12.6. The van der Waals surface area contributed by atoms with Crippen molar-refractivity contribution >= 4 is 10.0 Å². The largest absolute Gasteiger partial charge is 0.378 e. The van der Waals surface area contributed by atoms with Crippen molar-refractivity contribution in [3.8, 4) is 0 Å². The molecule has 1 N–H and O–H groups in total. The molecule has 24 heavy (non-hydrogen) atoms. The van der Waals surface area contributed by atoms with Gasteiger partial charge in [0, 0.05) is 26.0 Å². The van der Waals surface area contributed by atoms with E-state index < -0.39 is 16.1 Å². The topological polar surface area (TPSA) is 73.2 Å². The zero-order valence-electron chi connectivity index (χ0n) is 13.8. The van der Waals surface area contributed by atoms with Crippen molar-refractivity contribution in [2.24, 2.45) is 7.05 Å². The van der Waals surface area contributed by atoms with Gasteiger partial charge in [-0.15, -0.1) is 0 Å². The quantitative estimate of drug-likeness (QED) is 0.830. The molecule has 6 nitrogen and oxygen atoms in total. The number of ether oxygens (including phenoxy) is 1. The Morgan fingerprint density at radius 2 is 2.17 bits per heavy atom. The van der Waals surface area contributed by atoms with E-state index in [1.165, 1.54) is 0 Å². The number of benzene rings is 1. The van der Waals surface area contributed by atoms with E-state index in [2.05, 4.69) is 9.71 Å². The van der Waals surface area contributed by atoms with E-state index >= 15 is 0 Å². The van der Waals surface area contributed by atoms with Gasteiger partial charge in [0.2, 0.25) is 10.0 Å². The van der Waals surface area contributed by atoms with E-state index in [4.69, 9.17) is 4.74 Å². The highest BCUT2D eigenvalue weighted by Gasteiger charge is 2.26. The number of nitrogens with zero attached hydrogens (tertiary/aromatic N) is 2. The van der Waals surface area contributed by atoms with Crippen LogP contribution in [0.1, 0.15) is 36.7 Å². The summed E-state index contributed by atoms with van der Waals surface area (Å²) in [6.45, 7) is 0.734. The van der Waals surface area contributed by atoms with E-state index in [9.17, 15) is 8.42 Å². The predicted octanol–water partition coefficient (Wildman–Crippen LogP) is 2.00. The molecule has 0 radical (unpaired) electrons. The standard InChI is InChI=1S/C17H23N3O3S/c1-20-11-10-18-17(20)16(14-6-3-2-4-7-14)19-24(21,22)13-9-15-8-5-12-23-15/h2-4,6-7,10-11,15-16,19H,5,8-9,12-13H2,1H3/t15-,16-/m0/s1. The number of aryl methyl sites for hydroxylation is 1. The zero-order valence-corrected chi connectivity index (χ0v) is 14.6. The third-order valence-electron chi connectivity index (χ3n) is 4.28. The van der Waals surface area contributed by atoms with Gasteiger partial charge in [-0.25, -0.2) is 18.1 Å². The molecule has 130 valence electrons. The molecule has 1 saturated heterocycles. The van der Waals surface area contributed by atoms with Crippen LogP contribution in [0.3, 0.4) is 0 Å². The number of nitrogens with one attached hydrogen (secondary N) is 1. The second kappa shape index (κ2) is 7.46. The minimum Gasteiger partial charge on any atom is -0.378 e. The number of aromatic nitrogens is 2. The molecule has 2 aromatic rings. The lowest BCUT2D eigenvalue weighted by Crippen LogP contribution is -2.33. The summed E-state index contributed by atoms with van der Waals surface area (Å²) in [5.74, 6) is 0.729. The molecular weight excluding hydrogens is 326 g/mol. The number of rotatable bonds is 7. The van der Waals surface area contributed by atoms with E-state index in [1.54, 1.807) is 6.20 Å². The van der Waals surface area contributed by atoms with Crippen LogP contribution in [0, 0.1) is 0 Å². The Labute approximate surface area is 142 Å². The van der Waals surface area contributed by atoms with Crippen LogP contribution in [0.4, 0.5) is 0 Å². The van der Waals surface area contributed by atoms with Crippen molar-refractivity contribution < 1.29 is 13.2 Å². The van der Waals surface area contributed by atoms with Crippen LogP contribution in [0.2, 0.25) is 0 Å². The van der Waals surface area contributed by atoms with Crippen molar-refractivity contribution in [1.29, 1.82) is 0 Å². The second-order valence-corrected chi connectivity index (χ2v) is 7.97. The molecule has 1 fully saturated rings. The van der Waals surface area contributed by atoms with Crippen molar-refractivity contribution in [3.63, 3.8) is 0 Å². The summed E-state index contributed by atoms with van der Waals surface area (Å²) in [5, 5.41) is 0. The minimum absolute atomic E-state index is 0.0601. The maximum atomic E-state index is 12.6. The number of sulfonamides is 1. The van der Waals surface area contributed by atoms with Crippen LogP contribution in [0.5, 0.6) is 0 Å². The molecule has 1 aromatic carbocycles. The normalized spacial score (nSPS) is 19.5. The lowest BCUT2D eigenvalue weighted by molar-refractivity contribution is 0.109. The van der Waals surface area contributed by atoms with Crippen LogP contribution in [-0.4, -0.2) is 36.4 Å². The first kappa shape index (κ1) is 17.1. The molecule has 0 unspecified atom stereocenters. The Kier molecular flexibility index (Phi) is 5.33. The molecule has 0 bridgehead atoms. The third kappa shape index (κ3) is 4.23. The minimum atomic E-state index is -3.44. The molecule has 3 rings (SSSR count). The zero-order chi connectivity index (χ0) is 17.0. The van der Waals surface area contributed by atoms with Gasteiger partial charge in [-0.05, 0) is 24.8 Å². The van der Waals surface area contributed by atoms with Crippen molar-refractivity contribution in [1.82, 2.24) is 14.3 Å². The number of imidazole rings is 1. The van der Waals surface area contributed by atoms with Gasteiger partial charge in [-0.3, -0.25) is 0 Å². The summed E-state index contributed by atoms with van der Waals surface area (Å²) in [5.41, 5.74) is 0.868. The van der Waals surface area contributed by atoms with Gasteiger partial charge in [0.05, 0.1) is 11.9 Å². The van der Waals surface area contributed by atoms with Gasteiger partial charge >= 0.3 is 0 Å². The molecule has 2 atom stereocenters. The average Bonchev–Trinajstić information content (AvgIpc) is 3.23. The second-order valence-electron chi connectivity index (χ2n) is 6.10. The summed E-state index contributed by atoms with van der Waals surface area (Å²) in [4.78, 5) is 4.33. The first-order valence-corrected chi connectivity index (χ1v) is 9.84. The molecule has 7 heteroatoms. The highest BCUT2D eigenvalue weighted by molar-refractivity contribution is 7.89. The van der Waals surface area contributed by atoms with Crippen molar-refractivity contribution in [2.75, 3.05) is 12.4 Å². The van der Waals surface area contributed by atoms with Crippen LogP contribution >= 0.6 is 0 Å². The molecule has 0 aliphatic carbocycles. The lowest BCUT2D eigenvalue weighted by Gasteiger charge is -2.19. The third-order valence-corrected chi connectivity index (χ3v) is 5.65. The molecule has 1 aliphatic heterocycles.